The van der Waals surface area contributed by atoms with Crippen LogP contribution < -0.4 is 9.47 Å². The number of likely N-dealkylation sites (N-methyl/N-ethyl adjacent to an activating group) is 1. The van der Waals surface area contributed by atoms with Gasteiger partial charge < -0.3 is 19.5 Å². The maximum absolute atomic E-state index is 9.43. The van der Waals surface area contributed by atoms with Crippen LogP contribution in [0, 0.1) is 0 Å². The van der Waals surface area contributed by atoms with Crippen molar-refractivity contribution in [3.05, 3.63) is 22.7 Å². The highest BCUT2D eigenvalue weighted by atomic mass is 35.5. The molecule has 1 aliphatic heterocycles. The summed E-state index contributed by atoms with van der Waals surface area (Å²) in [6, 6.07) is 3.40. The minimum atomic E-state index is -0.124. The van der Waals surface area contributed by atoms with Gasteiger partial charge in [-0.3, -0.25) is 4.90 Å². The molecular weight excluding hydrogens is 292 g/mol. The van der Waals surface area contributed by atoms with Crippen molar-refractivity contribution in [1.29, 1.82) is 0 Å². The summed E-state index contributed by atoms with van der Waals surface area (Å²) in [5.41, 5.74) is 0.651. The lowest BCUT2D eigenvalue weighted by Gasteiger charge is -2.32. The lowest BCUT2D eigenvalue weighted by molar-refractivity contribution is 0.132. The summed E-state index contributed by atoms with van der Waals surface area (Å²) in [7, 11) is 3.71. The van der Waals surface area contributed by atoms with Gasteiger partial charge in [0.2, 0.25) is 0 Å². The van der Waals surface area contributed by atoms with E-state index in [2.05, 4.69) is 16.8 Å². The van der Waals surface area contributed by atoms with Crippen LogP contribution in [0.1, 0.15) is 5.56 Å². The summed E-state index contributed by atoms with van der Waals surface area (Å²) >= 11 is 5.99. The van der Waals surface area contributed by atoms with Crippen LogP contribution in [0.2, 0.25) is 5.02 Å². The van der Waals surface area contributed by atoms with Crippen LogP contribution in [-0.4, -0.2) is 68.4 Å². The van der Waals surface area contributed by atoms with E-state index in [1.54, 1.807) is 19.2 Å². The first-order chi connectivity index (χ1) is 10.1. The third kappa shape index (κ3) is 4.48. The molecule has 1 aliphatic rings. The van der Waals surface area contributed by atoms with E-state index in [-0.39, 0.29) is 6.61 Å². The first-order valence-corrected chi connectivity index (χ1v) is 7.52. The van der Waals surface area contributed by atoms with E-state index in [1.807, 2.05) is 0 Å². The van der Waals surface area contributed by atoms with Gasteiger partial charge in [-0.15, -0.1) is 0 Å². The minimum absolute atomic E-state index is 0.124. The summed E-state index contributed by atoms with van der Waals surface area (Å²) < 4.78 is 11.1. The number of methoxy groups -OCH3 is 1. The molecule has 5 nitrogen and oxygen atoms in total. The van der Waals surface area contributed by atoms with E-state index in [9.17, 15) is 5.11 Å². The number of benzene rings is 1. The van der Waals surface area contributed by atoms with Gasteiger partial charge in [-0.05, 0) is 13.1 Å². The van der Waals surface area contributed by atoms with E-state index >= 15 is 0 Å². The molecule has 2 rings (SSSR count). The molecule has 0 radical (unpaired) electrons. The maximum Gasteiger partial charge on any atom is 0.166 e. The van der Waals surface area contributed by atoms with Crippen molar-refractivity contribution in [2.24, 2.45) is 0 Å². The third-order valence-corrected chi connectivity index (χ3v) is 3.95. The molecule has 0 spiro atoms. The average molecular weight is 315 g/mol. The van der Waals surface area contributed by atoms with Crippen molar-refractivity contribution in [1.82, 2.24) is 9.80 Å². The highest BCUT2D eigenvalue weighted by Gasteiger charge is 2.15. The predicted octanol–water partition coefficient (Wildman–Crippen LogP) is 1.47. The Kier molecular flexibility index (Phi) is 6.11. The molecule has 0 atom stereocenters. The SMILES string of the molecule is COc1cc(Cl)cc(CO)c1OCCN1CCN(C)CC1. The molecule has 0 saturated carbocycles. The largest absolute Gasteiger partial charge is 0.493 e. The molecule has 0 bridgehead atoms. The summed E-state index contributed by atoms with van der Waals surface area (Å²) in [6.07, 6.45) is 0. The molecule has 0 amide bonds. The van der Waals surface area contributed by atoms with Crippen LogP contribution >= 0.6 is 11.6 Å². The summed E-state index contributed by atoms with van der Waals surface area (Å²) in [6.45, 7) is 5.60. The van der Waals surface area contributed by atoms with Crippen LogP contribution in [0.5, 0.6) is 11.5 Å². The Bertz CT molecular complexity index is 437. The van der Waals surface area contributed by atoms with Crippen LogP contribution in [0.4, 0.5) is 0 Å². The minimum Gasteiger partial charge on any atom is -0.493 e. The fraction of sp³-hybridized carbons (Fsp3) is 0.600. The second-order valence-electron chi connectivity index (χ2n) is 5.25. The molecule has 1 fully saturated rings. The Balaban J connectivity index is 1.93. The lowest BCUT2D eigenvalue weighted by atomic mass is 10.2. The molecule has 0 unspecified atom stereocenters. The number of aliphatic hydroxyl groups is 1. The summed E-state index contributed by atoms with van der Waals surface area (Å²) in [5.74, 6) is 1.14. The van der Waals surface area contributed by atoms with Crippen molar-refractivity contribution < 1.29 is 14.6 Å². The highest BCUT2D eigenvalue weighted by Crippen LogP contribution is 2.34. The molecule has 6 heteroatoms. The number of halogens is 1. The summed E-state index contributed by atoms with van der Waals surface area (Å²) in [4.78, 5) is 4.70. The second-order valence-corrected chi connectivity index (χ2v) is 5.68. The number of nitrogens with zero attached hydrogens (tertiary/aromatic N) is 2. The molecular formula is C15H23ClN2O3. The standard InChI is InChI=1S/C15H23ClN2O3/c1-17-3-5-18(6-4-17)7-8-21-15-12(11-19)9-13(16)10-14(15)20-2/h9-10,19H,3-8,11H2,1-2H3. The van der Waals surface area contributed by atoms with Crippen molar-refractivity contribution >= 4 is 11.6 Å². The van der Waals surface area contributed by atoms with Gasteiger partial charge in [0, 0.05) is 49.4 Å². The predicted molar refractivity (Wildman–Crippen MR) is 83.4 cm³/mol. The number of aliphatic hydroxyl groups excluding tert-OH is 1. The molecule has 1 saturated heterocycles. The zero-order valence-corrected chi connectivity index (χ0v) is 13.4. The Labute approximate surface area is 131 Å². The molecule has 1 aromatic rings. The van der Waals surface area contributed by atoms with Crippen LogP contribution in [0.15, 0.2) is 12.1 Å². The van der Waals surface area contributed by atoms with Gasteiger partial charge in [-0.2, -0.15) is 0 Å². The zero-order chi connectivity index (χ0) is 15.2. The summed E-state index contributed by atoms with van der Waals surface area (Å²) in [5, 5.41) is 9.96. The average Bonchev–Trinajstić information content (AvgIpc) is 2.49. The van der Waals surface area contributed by atoms with Gasteiger partial charge in [0.25, 0.3) is 0 Å². The van der Waals surface area contributed by atoms with Crippen LogP contribution in [-0.2, 0) is 6.61 Å². The first kappa shape index (κ1) is 16.4. The van der Waals surface area contributed by atoms with E-state index in [0.29, 0.717) is 28.7 Å². The number of hydrogen-bond acceptors (Lipinski definition) is 5. The number of hydrogen-bond donors (Lipinski definition) is 1. The van der Waals surface area contributed by atoms with Gasteiger partial charge in [0.05, 0.1) is 13.7 Å². The fourth-order valence-electron chi connectivity index (χ4n) is 2.40. The van der Waals surface area contributed by atoms with Crippen molar-refractivity contribution in [2.75, 3.05) is 53.5 Å². The van der Waals surface area contributed by atoms with Gasteiger partial charge >= 0.3 is 0 Å². The van der Waals surface area contributed by atoms with E-state index < -0.39 is 0 Å². The Morgan fingerprint density at radius 3 is 2.57 bits per heavy atom. The fourth-order valence-corrected chi connectivity index (χ4v) is 2.63. The first-order valence-electron chi connectivity index (χ1n) is 7.15. The monoisotopic (exact) mass is 314 g/mol. The van der Waals surface area contributed by atoms with Crippen LogP contribution in [0.25, 0.3) is 0 Å². The molecule has 118 valence electrons. The van der Waals surface area contributed by atoms with E-state index in [1.165, 1.54) is 0 Å². The Hall–Kier alpha value is -1.01. The van der Waals surface area contributed by atoms with Crippen molar-refractivity contribution in [3.63, 3.8) is 0 Å². The molecule has 21 heavy (non-hydrogen) atoms. The molecule has 1 heterocycles. The second kappa shape index (κ2) is 7.84. The van der Waals surface area contributed by atoms with Gasteiger partial charge in [-0.25, -0.2) is 0 Å². The van der Waals surface area contributed by atoms with Gasteiger partial charge in [-0.1, -0.05) is 11.6 Å². The highest BCUT2D eigenvalue weighted by molar-refractivity contribution is 6.30. The Morgan fingerprint density at radius 1 is 1.24 bits per heavy atom. The molecule has 1 aromatic carbocycles. The molecule has 0 aliphatic carbocycles. The van der Waals surface area contributed by atoms with E-state index in [0.717, 1.165) is 32.7 Å². The maximum atomic E-state index is 9.43. The normalized spacial score (nSPS) is 17.0. The number of piperazine rings is 1. The van der Waals surface area contributed by atoms with Gasteiger partial charge in [0.15, 0.2) is 11.5 Å². The lowest BCUT2D eigenvalue weighted by Crippen LogP contribution is -2.45. The molecule has 0 aromatic heterocycles. The van der Waals surface area contributed by atoms with Crippen LogP contribution in [0.3, 0.4) is 0 Å². The van der Waals surface area contributed by atoms with Crippen molar-refractivity contribution in [2.45, 2.75) is 6.61 Å². The zero-order valence-electron chi connectivity index (χ0n) is 12.6. The third-order valence-electron chi connectivity index (χ3n) is 3.74. The number of rotatable bonds is 6. The smallest absolute Gasteiger partial charge is 0.166 e. The van der Waals surface area contributed by atoms with Gasteiger partial charge in [0.1, 0.15) is 6.61 Å². The number of ether oxygens (including phenoxy) is 2. The topological polar surface area (TPSA) is 45.2 Å². The van der Waals surface area contributed by atoms with E-state index in [4.69, 9.17) is 21.1 Å². The Morgan fingerprint density at radius 2 is 1.95 bits per heavy atom. The molecule has 1 N–H and O–H groups in total. The quantitative estimate of drug-likeness (QED) is 0.861. The van der Waals surface area contributed by atoms with Crippen molar-refractivity contribution in [3.8, 4) is 11.5 Å².